The topological polar surface area (TPSA) is 102 Å². The van der Waals surface area contributed by atoms with Crippen LogP contribution in [-0.4, -0.2) is 43.3 Å². The summed E-state index contributed by atoms with van der Waals surface area (Å²) in [5.74, 6) is -1.57. The van der Waals surface area contributed by atoms with Crippen LogP contribution in [0.25, 0.3) is 0 Å². The molecule has 22 heavy (non-hydrogen) atoms. The lowest BCUT2D eigenvalue weighted by Crippen LogP contribution is -2.46. The van der Waals surface area contributed by atoms with E-state index in [1.807, 2.05) is 0 Å². The Morgan fingerprint density at radius 1 is 1.23 bits per heavy atom. The van der Waals surface area contributed by atoms with Gasteiger partial charge in [0, 0.05) is 12.1 Å². The number of hydrogen-bond donors (Lipinski definition) is 2. The lowest BCUT2D eigenvalue weighted by atomic mass is 10.1. The number of benzene rings is 1. The number of carbonyl (C=O) groups excluding carboxylic acids is 4. The van der Waals surface area contributed by atoms with Gasteiger partial charge in [-0.3, -0.25) is 14.4 Å². The lowest BCUT2D eigenvalue weighted by molar-refractivity contribution is -0.130. The van der Waals surface area contributed by atoms with Crippen LogP contribution in [0.1, 0.15) is 34.6 Å². The van der Waals surface area contributed by atoms with Crippen molar-refractivity contribution in [3.8, 4) is 0 Å². The predicted molar refractivity (Wildman–Crippen MR) is 78.4 cm³/mol. The summed E-state index contributed by atoms with van der Waals surface area (Å²) in [5, 5.41) is 4.98. The number of amides is 2. The normalized spacial score (nSPS) is 11.2. The molecule has 0 saturated heterocycles. The summed E-state index contributed by atoms with van der Waals surface area (Å²) in [4.78, 5) is 45.2. The maximum absolute atomic E-state index is 11.7. The van der Waals surface area contributed by atoms with Gasteiger partial charge < -0.3 is 15.4 Å². The zero-order valence-electron chi connectivity index (χ0n) is 12.4. The number of ether oxygens (including phenoxy) is 1. The van der Waals surface area contributed by atoms with Crippen LogP contribution in [-0.2, 0) is 14.3 Å². The Morgan fingerprint density at radius 2 is 1.86 bits per heavy atom. The molecular formula is C15H18N2O5. The zero-order chi connectivity index (χ0) is 16.5. The summed E-state index contributed by atoms with van der Waals surface area (Å²) in [5.41, 5.74) is 0.667. The summed E-state index contributed by atoms with van der Waals surface area (Å²) in [6.45, 7) is 3.27. The van der Waals surface area contributed by atoms with Crippen LogP contribution in [0.2, 0.25) is 0 Å². The van der Waals surface area contributed by atoms with E-state index in [2.05, 4.69) is 10.6 Å². The predicted octanol–water partition coefficient (Wildman–Crippen LogP) is 0.297. The number of likely N-dealkylation sites (N-methyl/N-ethyl adjacent to an activating group) is 1. The zero-order valence-corrected chi connectivity index (χ0v) is 12.4. The molecule has 0 aromatic heterocycles. The van der Waals surface area contributed by atoms with Gasteiger partial charge in [0.05, 0.1) is 5.56 Å². The molecule has 118 valence electrons. The molecule has 1 rings (SSSR count). The Balaban J connectivity index is 2.44. The molecule has 0 radical (unpaired) electrons. The Morgan fingerprint density at radius 3 is 2.41 bits per heavy atom. The second-order valence-electron chi connectivity index (χ2n) is 4.50. The fourth-order valence-corrected chi connectivity index (χ4v) is 1.59. The second-order valence-corrected chi connectivity index (χ2v) is 4.50. The smallest absolute Gasteiger partial charge is 0.338 e. The minimum absolute atomic E-state index is 0.232. The third-order valence-electron chi connectivity index (χ3n) is 2.74. The van der Waals surface area contributed by atoms with Gasteiger partial charge >= 0.3 is 5.97 Å². The van der Waals surface area contributed by atoms with Gasteiger partial charge in [0.25, 0.3) is 5.91 Å². The third kappa shape index (κ3) is 5.35. The molecule has 0 aliphatic carbocycles. The number of hydrogen-bond acceptors (Lipinski definition) is 5. The first kappa shape index (κ1) is 17.4. The summed E-state index contributed by atoms with van der Waals surface area (Å²) in [6.07, 6.45) is 0.658. The molecule has 7 heteroatoms. The minimum atomic E-state index is -0.710. The molecule has 0 aliphatic rings. The van der Waals surface area contributed by atoms with Crippen molar-refractivity contribution in [3.63, 3.8) is 0 Å². The van der Waals surface area contributed by atoms with E-state index in [-0.39, 0.29) is 11.5 Å². The quantitative estimate of drug-likeness (QED) is 0.557. The van der Waals surface area contributed by atoms with Crippen LogP contribution in [0, 0.1) is 0 Å². The highest BCUT2D eigenvalue weighted by Crippen LogP contribution is 2.04. The second kappa shape index (κ2) is 8.56. The standard InChI is InChI=1S/C15H18N2O5/c1-3-16-14(20)10(2)17-13(19)9-22-15(21)12-6-4-11(8-18)5-7-12/h4-8,10H,3,9H2,1-2H3,(H,16,20)(H,17,19)/t10-/m1/s1. The highest BCUT2D eigenvalue weighted by Gasteiger charge is 2.16. The van der Waals surface area contributed by atoms with E-state index in [0.29, 0.717) is 18.4 Å². The number of aldehydes is 1. The van der Waals surface area contributed by atoms with Crippen molar-refractivity contribution in [1.82, 2.24) is 10.6 Å². The first-order valence-electron chi connectivity index (χ1n) is 6.77. The Labute approximate surface area is 128 Å². The SMILES string of the molecule is CCNC(=O)[C@@H](C)NC(=O)COC(=O)c1ccc(C=O)cc1. The van der Waals surface area contributed by atoms with E-state index < -0.39 is 24.5 Å². The van der Waals surface area contributed by atoms with Crippen molar-refractivity contribution in [2.75, 3.05) is 13.2 Å². The first-order chi connectivity index (χ1) is 10.5. The van der Waals surface area contributed by atoms with E-state index in [9.17, 15) is 19.2 Å². The number of nitrogens with one attached hydrogen (secondary N) is 2. The largest absolute Gasteiger partial charge is 0.452 e. The Bertz CT molecular complexity index is 554. The number of carbonyl (C=O) groups is 4. The van der Waals surface area contributed by atoms with Crippen LogP contribution in [0.3, 0.4) is 0 Å². The van der Waals surface area contributed by atoms with Crippen LogP contribution >= 0.6 is 0 Å². The lowest BCUT2D eigenvalue weighted by Gasteiger charge is -2.13. The van der Waals surface area contributed by atoms with Crippen molar-refractivity contribution < 1.29 is 23.9 Å². The molecule has 7 nitrogen and oxygen atoms in total. The molecule has 2 N–H and O–H groups in total. The summed E-state index contributed by atoms with van der Waals surface area (Å²) in [7, 11) is 0. The van der Waals surface area contributed by atoms with Gasteiger partial charge in [0.15, 0.2) is 6.61 Å². The van der Waals surface area contributed by atoms with Crippen molar-refractivity contribution >= 4 is 24.1 Å². The van der Waals surface area contributed by atoms with Crippen LogP contribution in [0.4, 0.5) is 0 Å². The van der Waals surface area contributed by atoms with Crippen molar-refractivity contribution in [1.29, 1.82) is 0 Å². The summed E-state index contributed by atoms with van der Waals surface area (Å²) >= 11 is 0. The molecule has 0 fully saturated rings. The molecular weight excluding hydrogens is 288 g/mol. The average Bonchev–Trinajstić information content (AvgIpc) is 2.52. The third-order valence-corrected chi connectivity index (χ3v) is 2.74. The van der Waals surface area contributed by atoms with Crippen LogP contribution in [0.15, 0.2) is 24.3 Å². The van der Waals surface area contributed by atoms with Crippen molar-refractivity contribution in [2.45, 2.75) is 19.9 Å². The van der Waals surface area contributed by atoms with Gasteiger partial charge in [-0.05, 0) is 26.0 Å². The number of rotatable bonds is 7. The van der Waals surface area contributed by atoms with Gasteiger partial charge in [-0.15, -0.1) is 0 Å². The summed E-state index contributed by atoms with van der Waals surface area (Å²) in [6, 6.07) is 5.10. The fraction of sp³-hybridized carbons (Fsp3) is 0.333. The van der Waals surface area contributed by atoms with E-state index in [1.165, 1.54) is 31.2 Å². The highest BCUT2D eigenvalue weighted by atomic mass is 16.5. The van der Waals surface area contributed by atoms with Gasteiger partial charge in [0.2, 0.25) is 5.91 Å². The van der Waals surface area contributed by atoms with E-state index in [0.717, 1.165) is 0 Å². The van der Waals surface area contributed by atoms with E-state index in [1.54, 1.807) is 6.92 Å². The van der Waals surface area contributed by atoms with Gasteiger partial charge in [-0.2, -0.15) is 0 Å². The molecule has 0 saturated carbocycles. The van der Waals surface area contributed by atoms with E-state index >= 15 is 0 Å². The molecule has 1 aromatic rings. The first-order valence-corrected chi connectivity index (χ1v) is 6.77. The molecule has 0 heterocycles. The Kier molecular flexibility index (Phi) is 6.75. The van der Waals surface area contributed by atoms with E-state index in [4.69, 9.17) is 4.74 Å². The molecule has 1 atom stereocenters. The molecule has 0 spiro atoms. The average molecular weight is 306 g/mol. The van der Waals surface area contributed by atoms with Crippen molar-refractivity contribution in [3.05, 3.63) is 35.4 Å². The minimum Gasteiger partial charge on any atom is -0.452 e. The van der Waals surface area contributed by atoms with Crippen LogP contribution < -0.4 is 10.6 Å². The molecule has 0 unspecified atom stereocenters. The molecule has 1 aromatic carbocycles. The highest BCUT2D eigenvalue weighted by molar-refractivity contribution is 5.93. The monoisotopic (exact) mass is 306 g/mol. The molecule has 2 amide bonds. The maximum Gasteiger partial charge on any atom is 0.338 e. The Hall–Kier alpha value is -2.70. The summed E-state index contributed by atoms with van der Waals surface area (Å²) < 4.78 is 4.83. The van der Waals surface area contributed by atoms with Gasteiger partial charge in [-0.1, -0.05) is 12.1 Å². The maximum atomic E-state index is 11.7. The molecule has 0 bridgehead atoms. The van der Waals surface area contributed by atoms with Gasteiger partial charge in [0.1, 0.15) is 12.3 Å². The molecule has 0 aliphatic heterocycles. The number of esters is 1. The van der Waals surface area contributed by atoms with Gasteiger partial charge in [-0.25, -0.2) is 4.79 Å². The van der Waals surface area contributed by atoms with Crippen LogP contribution in [0.5, 0.6) is 0 Å². The van der Waals surface area contributed by atoms with Crippen molar-refractivity contribution in [2.24, 2.45) is 0 Å². The fourth-order valence-electron chi connectivity index (χ4n) is 1.59.